The van der Waals surface area contributed by atoms with Crippen molar-refractivity contribution in [2.24, 2.45) is 0 Å². The molecule has 0 atom stereocenters. The lowest BCUT2D eigenvalue weighted by molar-refractivity contribution is 0.386. The average molecular weight is 257 g/mol. The molecule has 0 aliphatic rings. The molecule has 0 unspecified atom stereocenters. The normalized spacial score (nSPS) is 9.42. The smallest absolute Gasteiger partial charge is 0.165 e. The Kier molecular flexibility index (Phi) is 3.99. The Morgan fingerprint density at radius 1 is 1.00 bits per heavy atom. The molecule has 0 amide bonds. The number of hydrogen-bond acceptors (Lipinski definition) is 3. The standard InChI is InChI=1S/C15H12FNO2/c1-18-13-7-12(9-17-10-13)4-3-11-5-6-14(16)15(8-11)19-2/h5-10H,1-2H3. The van der Waals surface area contributed by atoms with Crippen molar-refractivity contribution in [1.82, 2.24) is 4.98 Å². The van der Waals surface area contributed by atoms with Crippen LogP contribution in [0, 0.1) is 17.7 Å². The van der Waals surface area contributed by atoms with Crippen LogP contribution < -0.4 is 9.47 Å². The van der Waals surface area contributed by atoms with Crippen molar-refractivity contribution < 1.29 is 13.9 Å². The molecule has 2 rings (SSSR count). The number of benzene rings is 1. The summed E-state index contributed by atoms with van der Waals surface area (Å²) in [4.78, 5) is 4.00. The first-order valence-electron chi connectivity index (χ1n) is 5.57. The van der Waals surface area contributed by atoms with Crippen LogP contribution >= 0.6 is 0 Å². The largest absolute Gasteiger partial charge is 0.495 e. The zero-order valence-corrected chi connectivity index (χ0v) is 10.6. The molecule has 0 bridgehead atoms. The van der Waals surface area contributed by atoms with Crippen LogP contribution in [0.1, 0.15) is 11.1 Å². The lowest BCUT2D eigenvalue weighted by Crippen LogP contribution is -1.89. The van der Waals surface area contributed by atoms with Crippen LogP contribution in [0.25, 0.3) is 0 Å². The Balaban J connectivity index is 2.28. The van der Waals surface area contributed by atoms with E-state index in [1.54, 1.807) is 37.7 Å². The molecule has 0 N–H and O–H groups in total. The molecule has 1 heterocycles. The van der Waals surface area contributed by atoms with E-state index in [0.717, 1.165) is 5.56 Å². The summed E-state index contributed by atoms with van der Waals surface area (Å²) in [6.07, 6.45) is 3.24. The molecule has 96 valence electrons. The van der Waals surface area contributed by atoms with Gasteiger partial charge in [-0.2, -0.15) is 0 Å². The van der Waals surface area contributed by atoms with Crippen molar-refractivity contribution in [3.05, 3.63) is 53.6 Å². The number of rotatable bonds is 2. The second-order valence-corrected chi connectivity index (χ2v) is 3.71. The molecule has 3 nitrogen and oxygen atoms in total. The maximum Gasteiger partial charge on any atom is 0.165 e. The van der Waals surface area contributed by atoms with Crippen molar-refractivity contribution in [2.75, 3.05) is 14.2 Å². The summed E-state index contributed by atoms with van der Waals surface area (Å²) < 4.78 is 23.2. The Bertz CT molecular complexity index is 644. The highest BCUT2D eigenvalue weighted by molar-refractivity contribution is 5.46. The molecule has 0 aliphatic heterocycles. The Labute approximate surface area is 111 Å². The molecule has 0 spiro atoms. The van der Waals surface area contributed by atoms with Crippen molar-refractivity contribution in [1.29, 1.82) is 0 Å². The molecule has 19 heavy (non-hydrogen) atoms. The Morgan fingerprint density at radius 2 is 1.79 bits per heavy atom. The summed E-state index contributed by atoms with van der Waals surface area (Å²) in [7, 11) is 2.99. The number of aromatic nitrogens is 1. The summed E-state index contributed by atoms with van der Waals surface area (Å²) >= 11 is 0. The highest BCUT2D eigenvalue weighted by Gasteiger charge is 2.01. The van der Waals surface area contributed by atoms with E-state index in [9.17, 15) is 4.39 Å². The van der Waals surface area contributed by atoms with Crippen LogP contribution in [-0.2, 0) is 0 Å². The molecule has 0 fully saturated rings. The summed E-state index contributed by atoms with van der Waals surface area (Å²) in [6.45, 7) is 0. The molecular formula is C15H12FNO2. The van der Waals surface area contributed by atoms with Gasteiger partial charge in [-0.15, -0.1) is 0 Å². The summed E-state index contributed by atoms with van der Waals surface area (Å²) in [5.41, 5.74) is 1.39. The number of pyridine rings is 1. The fraction of sp³-hybridized carbons (Fsp3) is 0.133. The van der Waals surface area contributed by atoms with Gasteiger partial charge in [0, 0.05) is 17.3 Å². The van der Waals surface area contributed by atoms with E-state index < -0.39 is 5.82 Å². The lowest BCUT2D eigenvalue weighted by atomic mass is 10.2. The molecule has 2 aromatic rings. The Morgan fingerprint density at radius 3 is 2.53 bits per heavy atom. The first kappa shape index (κ1) is 12.9. The zero-order chi connectivity index (χ0) is 13.7. The SMILES string of the molecule is COc1cncc(C#Cc2ccc(F)c(OC)c2)c1. The minimum Gasteiger partial charge on any atom is -0.495 e. The van der Waals surface area contributed by atoms with Gasteiger partial charge in [0.05, 0.1) is 20.4 Å². The molecule has 0 saturated heterocycles. The van der Waals surface area contributed by atoms with Gasteiger partial charge in [0.25, 0.3) is 0 Å². The number of hydrogen-bond donors (Lipinski definition) is 0. The van der Waals surface area contributed by atoms with E-state index in [0.29, 0.717) is 11.3 Å². The van der Waals surface area contributed by atoms with E-state index in [2.05, 4.69) is 16.8 Å². The first-order valence-corrected chi connectivity index (χ1v) is 5.57. The van der Waals surface area contributed by atoms with Gasteiger partial charge in [-0.05, 0) is 24.3 Å². The minimum absolute atomic E-state index is 0.176. The molecule has 0 radical (unpaired) electrons. The van der Waals surface area contributed by atoms with E-state index in [-0.39, 0.29) is 5.75 Å². The molecule has 0 aliphatic carbocycles. The van der Waals surface area contributed by atoms with Gasteiger partial charge in [0.2, 0.25) is 0 Å². The van der Waals surface area contributed by atoms with Gasteiger partial charge < -0.3 is 9.47 Å². The maximum atomic E-state index is 13.2. The summed E-state index contributed by atoms with van der Waals surface area (Å²) in [5, 5.41) is 0. The minimum atomic E-state index is -0.406. The predicted octanol–water partition coefficient (Wildman–Crippen LogP) is 2.64. The van der Waals surface area contributed by atoms with Crippen molar-refractivity contribution in [3.8, 4) is 23.3 Å². The quantitative estimate of drug-likeness (QED) is 0.775. The third-order valence-corrected chi connectivity index (χ3v) is 2.45. The number of ether oxygens (including phenoxy) is 2. The van der Waals surface area contributed by atoms with Crippen molar-refractivity contribution in [2.45, 2.75) is 0 Å². The van der Waals surface area contributed by atoms with E-state index >= 15 is 0 Å². The molecular weight excluding hydrogens is 245 g/mol. The molecule has 0 saturated carbocycles. The lowest BCUT2D eigenvalue weighted by Gasteiger charge is -2.01. The van der Waals surface area contributed by atoms with Gasteiger partial charge >= 0.3 is 0 Å². The van der Waals surface area contributed by atoms with Gasteiger partial charge in [0.1, 0.15) is 5.75 Å². The number of methoxy groups -OCH3 is 2. The van der Waals surface area contributed by atoms with Crippen LogP contribution in [0.4, 0.5) is 4.39 Å². The van der Waals surface area contributed by atoms with Crippen LogP contribution in [0.15, 0.2) is 36.7 Å². The fourth-order valence-corrected chi connectivity index (χ4v) is 1.48. The average Bonchev–Trinajstić information content (AvgIpc) is 2.46. The van der Waals surface area contributed by atoms with E-state index in [4.69, 9.17) is 9.47 Å². The highest BCUT2D eigenvalue weighted by atomic mass is 19.1. The molecule has 1 aromatic carbocycles. The number of nitrogens with zero attached hydrogens (tertiary/aromatic N) is 1. The molecule has 4 heteroatoms. The molecule has 1 aromatic heterocycles. The third-order valence-electron chi connectivity index (χ3n) is 2.45. The van der Waals surface area contributed by atoms with Crippen LogP contribution in [0.2, 0.25) is 0 Å². The second kappa shape index (κ2) is 5.87. The van der Waals surface area contributed by atoms with Gasteiger partial charge in [0.15, 0.2) is 11.6 Å². The Hall–Kier alpha value is -2.54. The second-order valence-electron chi connectivity index (χ2n) is 3.71. The fourth-order valence-electron chi connectivity index (χ4n) is 1.48. The topological polar surface area (TPSA) is 31.4 Å². The van der Waals surface area contributed by atoms with Crippen LogP contribution in [-0.4, -0.2) is 19.2 Å². The summed E-state index contributed by atoms with van der Waals surface area (Å²) in [5.74, 6) is 6.27. The number of halogens is 1. The van der Waals surface area contributed by atoms with E-state index in [1.165, 1.54) is 13.2 Å². The summed E-state index contributed by atoms with van der Waals surface area (Å²) in [6, 6.07) is 6.25. The van der Waals surface area contributed by atoms with Crippen molar-refractivity contribution >= 4 is 0 Å². The van der Waals surface area contributed by atoms with E-state index in [1.807, 2.05) is 0 Å². The third kappa shape index (κ3) is 3.23. The monoisotopic (exact) mass is 257 g/mol. The highest BCUT2D eigenvalue weighted by Crippen LogP contribution is 2.17. The predicted molar refractivity (Wildman–Crippen MR) is 69.7 cm³/mol. The van der Waals surface area contributed by atoms with Crippen LogP contribution in [0.5, 0.6) is 11.5 Å². The van der Waals surface area contributed by atoms with Gasteiger partial charge in [-0.1, -0.05) is 11.8 Å². The zero-order valence-electron chi connectivity index (χ0n) is 10.6. The first-order chi connectivity index (χ1) is 9.22. The van der Waals surface area contributed by atoms with Gasteiger partial charge in [-0.25, -0.2) is 4.39 Å². The van der Waals surface area contributed by atoms with Crippen LogP contribution in [0.3, 0.4) is 0 Å². The van der Waals surface area contributed by atoms with Crippen molar-refractivity contribution in [3.63, 3.8) is 0 Å². The van der Waals surface area contributed by atoms with Gasteiger partial charge in [-0.3, -0.25) is 4.98 Å². The maximum absolute atomic E-state index is 13.2.